The lowest BCUT2D eigenvalue weighted by Gasteiger charge is -2.59. The lowest BCUT2D eigenvalue weighted by atomic mass is 9.46. The molecule has 0 bridgehead atoms. The van der Waals surface area contributed by atoms with Crippen LogP contribution in [-0.2, 0) is 9.53 Å². The lowest BCUT2D eigenvalue weighted by molar-refractivity contribution is -0.157. The molecule has 0 aromatic carbocycles. The largest absolute Gasteiger partial charge is 0.458 e. The van der Waals surface area contributed by atoms with Crippen molar-refractivity contribution < 1.29 is 9.53 Å². The maximum absolute atomic E-state index is 12.5. The third-order valence-electron chi connectivity index (χ3n) is 11.1. The van der Waals surface area contributed by atoms with Crippen LogP contribution in [0.25, 0.3) is 0 Å². The molecule has 0 amide bonds. The summed E-state index contributed by atoms with van der Waals surface area (Å²) in [5.41, 5.74) is 2.09. The van der Waals surface area contributed by atoms with E-state index in [4.69, 9.17) is 4.74 Å². The zero-order chi connectivity index (χ0) is 24.9. The molecule has 8 atom stereocenters. The third-order valence-corrected chi connectivity index (χ3v) is 11.1. The molecule has 194 valence electrons. The average molecular weight is 471 g/mol. The zero-order valence-corrected chi connectivity index (χ0v) is 23.7. The smallest absolute Gasteiger partial charge is 0.311 e. The molecule has 3 saturated carbocycles. The Hall–Kier alpha value is -0.790. The summed E-state index contributed by atoms with van der Waals surface area (Å²) in [5, 5.41) is 0. The second-order valence-corrected chi connectivity index (χ2v) is 14.8. The van der Waals surface area contributed by atoms with E-state index in [1.54, 1.807) is 5.57 Å². The Bertz CT molecular complexity index is 772. The first kappa shape index (κ1) is 26.3. The van der Waals surface area contributed by atoms with Gasteiger partial charge in [-0.1, -0.05) is 59.5 Å². The molecule has 0 aromatic heterocycles. The molecule has 34 heavy (non-hydrogen) atoms. The molecular weight excluding hydrogens is 416 g/mol. The fraction of sp³-hybridized carbons (Fsp3) is 0.906. The summed E-state index contributed by atoms with van der Waals surface area (Å²) in [5.74, 6) is 5.27. The van der Waals surface area contributed by atoms with Gasteiger partial charge in [0.2, 0.25) is 0 Å². The van der Waals surface area contributed by atoms with Gasteiger partial charge in [-0.3, -0.25) is 4.79 Å². The molecule has 0 N–H and O–H groups in total. The summed E-state index contributed by atoms with van der Waals surface area (Å²) in [6.07, 6.45) is 17.2. The molecule has 2 heteroatoms. The predicted octanol–water partition coefficient (Wildman–Crippen LogP) is 8.99. The Balaban J connectivity index is 1.45. The van der Waals surface area contributed by atoms with Crippen LogP contribution in [0.4, 0.5) is 0 Å². The number of fused-ring (bicyclic) bond motifs is 5. The van der Waals surface area contributed by atoms with Crippen molar-refractivity contribution in [1.29, 1.82) is 0 Å². The van der Waals surface area contributed by atoms with E-state index in [2.05, 4.69) is 40.7 Å². The van der Waals surface area contributed by atoms with Gasteiger partial charge in [-0.15, -0.1) is 0 Å². The highest BCUT2D eigenvalue weighted by Crippen LogP contribution is 2.67. The van der Waals surface area contributed by atoms with Crippen LogP contribution in [0, 0.1) is 51.8 Å². The number of esters is 1. The van der Waals surface area contributed by atoms with E-state index in [9.17, 15) is 4.79 Å². The Morgan fingerprint density at radius 1 is 1.00 bits per heavy atom. The van der Waals surface area contributed by atoms with Gasteiger partial charge in [0, 0.05) is 0 Å². The minimum absolute atomic E-state index is 0.0113. The SMILES string of the molecule is CC(C)CCCC(C)C1CCC2C3CCC4=CC(OC(=O)C(C)(C)C)CCC4(C)C3CCC12C. The number of hydrogen-bond acceptors (Lipinski definition) is 2. The van der Waals surface area contributed by atoms with E-state index in [0.717, 1.165) is 41.9 Å². The van der Waals surface area contributed by atoms with Crippen molar-refractivity contribution in [2.45, 2.75) is 132 Å². The topological polar surface area (TPSA) is 26.3 Å². The number of hydrogen-bond donors (Lipinski definition) is 0. The molecule has 4 aliphatic carbocycles. The summed E-state index contributed by atoms with van der Waals surface area (Å²) in [6, 6.07) is 0. The van der Waals surface area contributed by atoms with E-state index in [-0.39, 0.29) is 12.1 Å². The first-order valence-electron chi connectivity index (χ1n) is 14.8. The molecule has 4 aliphatic rings. The van der Waals surface area contributed by atoms with Gasteiger partial charge < -0.3 is 4.74 Å². The number of carbonyl (C=O) groups is 1. The molecule has 0 radical (unpaired) electrons. The first-order valence-corrected chi connectivity index (χ1v) is 14.8. The third kappa shape index (κ3) is 4.78. The highest BCUT2D eigenvalue weighted by molar-refractivity contribution is 5.75. The first-order chi connectivity index (χ1) is 15.9. The van der Waals surface area contributed by atoms with Crippen molar-refractivity contribution >= 4 is 5.97 Å². The van der Waals surface area contributed by atoms with Crippen molar-refractivity contribution in [3.05, 3.63) is 11.6 Å². The van der Waals surface area contributed by atoms with Crippen molar-refractivity contribution in [3.8, 4) is 0 Å². The van der Waals surface area contributed by atoms with Crippen LogP contribution >= 0.6 is 0 Å². The maximum Gasteiger partial charge on any atom is 0.311 e. The van der Waals surface area contributed by atoms with Crippen LogP contribution in [-0.4, -0.2) is 12.1 Å². The second-order valence-electron chi connectivity index (χ2n) is 14.8. The molecule has 2 nitrogen and oxygen atoms in total. The fourth-order valence-corrected chi connectivity index (χ4v) is 9.13. The normalized spacial score (nSPS) is 40.7. The van der Waals surface area contributed by atoms with Crippen molar-refractivity contribution in [3.63, 3.8) is 0 Å². The zero-order valence-electron chi connectivity index (χ0n) is 23.7. The van der Waals surface area contributed by atoms with Crippen LogP contribution in [0.3, 0.4) is 0 Å². The van der Waals surface area contributed by atoms with Crippen molar-refractivity contribution in [2.24, 2.45) is 51.8 Å². The maximum atomic E-state index is 12.5. The Labute approximate surface area is 211 Å². The molecule has 0 spiro atoms. The van der Waals surface area contributed by atoms with Crippen LogP contribution in [0.2, 0.25) is 0 Å². The standard InChI is InChI=1S/C32H54O2/c1-21(2)10-9-11-22(3)26-14-15-27-25-13-12-23-20-24(34-29(33)30(4,5)6)16-18-31(23,7)28(25)17-19-32(26,27)8/h20-22,24-28H,9-19H2,1-8H3. The highest BCUT2D eigenvalue weighted by atomic mass is 16.5. The summed E-state index contributed by atoms with van der Waals surface area (Å²) >= 11 is 0. The molecule has 4 rings (SSSR count). The molecule has 0 heterocycles. The summed E-state index contributed by atoms with van der Waals surface area (Å²) in [4.78, 5) is 12.5. The van der Waals surface area contributed by atoms with Gasteiger partial charge in [-0.2, -0.15) is 0 Å². The minimum atomic E-state index is -0.421. The van der Waals surface area contributed by atoms with E-state index in [0.29, 0.717) is 10.8 Å². The van der Waals surface area contributed by atoms with Gasteiger partial charge in [0.1, 0.15) is 6.10 Å². The van der Waals surface area contributed by atoms with Crippen LogP contribution < -0.4 is 0 Å². The summed E-state index contributed by atoms with van der Waals surface area (Å²) in [6.45, 7) is 18.5. The minimum Gasteiger partial charge on any atom is -0.458 e. The Morgan fingerprint density at radius 3 is 2.41 bits per heavy atom. The molecule has 3 fully saturated rings. The Kier molecular flexibility index (Phi) is 7.41. The van der Waals surface area contributed by atoms with Crippen LogP contribution in [0.1, 0.15) is 126 Å². The van der Waals surface area contributed by atoms with Gasteiger partial charge >= 0.3 is 5.97 Å². The summed E-state index contributed by atoms with van der Waals surface area (Å²) < 4.78 is 5.94. The quantitative estimate of drug-likeness (QED) is 0.286. The van der Waals surface area contributed by atoms with Gasteiger partial charge in [-0.25, -0.2) is 0 Å². The predicted molar refractivity (Wildman–Crippen MR) is 142 cm³/mol. The molecular formula is C32H54O2. The monoisotopic (exact) mass is 470 g/mol. The number of allylic oxidation sites excluding steroid dienone is 1. The van der Waals surface area contributed by atoms with Crippen LogP contribution in [0.15, 0.2) is 11.6 Å². The molecule has 0 saturated heterocycles. The van der Waals surface area contributed by atoms with E-state index in [1.165, 1.54) is 64.2 Å². The van der Waals surface area contributed by atoms with Gasteiger partial charge in [0.25, 0.3) is 0 Å². The van der Waals surface area contributed by atoms with Gasteiger partial charge in [-0.05, 0) is 125 Å². The second kappa shape index (κ2) is 9.59. The van der Waals surface area contributed by atoms with E-state index in [1.807, 2.05) is 20.8 Å². The molecule has 8 unspecified atom stereocenters. The van der Waals surface area contributed by atoms with Crippen molar-refractivity contribution in [1.82, 2.24) is 0 Å². The van der Waals surface area contributed by atoms with Crippen LogP contribution in [0.5, 0.6) is 0 Å². The summed E-state index contributed by atoms with van der Waals surface area (Å²) in [7, 11) is 0. The number of rotatable bonds is 6. The fourth-order valence-electron chi connectivity index (χ4n) is 9.13. The Morgan fingerprint density at radius 2 is 1.74 bits per heavy atom. The van der Waals surface area contributed by atoms with Gasteiger partial charge in [0.15, 0.2) is 0 Å². The van der Waals surface area contributed by atoms with E-state index >= 15 is 0 Å². The highest BCUT2D eigenvalue weighted by Gasteiger charge is 2.59. The molecule has 0 aliphatic heterocycles. The molecule has 0 aromatic rings. The van der Waals surface area contributed by atoms with E-state index < -0.39 is 5.41 Å². The average Bonchev–Trinajstić information content (AvgIpc) is 3.10. The van der Waals surface area contributed by atoms with Gasteiger partial charge in [0.05, 0.1) is 5.41 Å². The number of ether oxygens (including phenoxy) is 1. The lowest BCUT2D eigenvalue weighted by Crippen LogP contribution is -2.51. The number of carbonyl (C=O) groups excluding carboxylic acids is 1. The van der Waals surface area contributed by atoms with Crippen molar-refractivity contribution in [2.75, 3.05) is 0 Å².